The number of carbonyl (C=O) groups excluding carboxylic acids is 1. The topological polar surface area (TPSA) is 108 Å². The molecule has 0 spiro atoms. The fourth-order valence-corrected chi connectivity index (χ4v) is 5.50. The zero-order valence-corrected chi connectivity index (χ0v) is 26.4. The van der Waals surface area contributed by atoms with E-state index in [1.165, 1.54) is 10.9 Å². The number of carbonyl (C=O) groups is 1. The third kappa shape index (κ3) is 7.34. The van der Waals surface area contributed by atoms with Gasteiger partial charge in [0.1, 0.15) is 30.0 Å². The second-order valence-corrected chi connectivity index (χ2v) is 12.3. The van der Waals surface area contributed by atoms with Crippen LogP contribution in [-0.2, 0) is 17.9 Å². The Morgan fingerprint density at radius 2 is 1.91 bits per heavy atom. The van der Waals surface area contributed by atoms with Gasteiger partial charge >= 0.3 is 6.09 Å². The van der Waals surface area contributed by atoms with Gasteiger partial charge < -0.3 is 24.4 Å². The molecule has 11 heteroatoms. The Morgan fingerprint density at radius 3 is 2.65 bits per heavy atom. The number of hydrogen-bond donors (Lipinski definition) is 1. The van der Waals surface area contributed by atoms with Crippen molar-refractivity contribution in [2.45, 2.75) is 58.4 Å². The minimum atomic E-state index is -0.548. The highest BCUT2D eigenvalue weighted by Gasteiger charge is 2.32. The smallest absolute Gasteiger partial charge is 0.410 e. The molecule has 1 aliphatic heterocycles. The number of hydrogen-bond acceptors (Lipinski definition) is 8. The van der Waals surface area contributed by atoms with Crippen LogP contribution in [0.3, 0.4) is 0 Å². The number of fused-ring (bicyclic) bond motifs is 1. The fraction of sp³-hybridized carbons (Fsp3) is 0.375. The number of halogens is 1. The van der Waals surface area contributed by atoms with Gasteiger partial charge in [-0.2, -0.15) is 0 Å². The molecule has 0 radical (unpaired) electrons. The van der Waals surface area contributed by atoms with Gasteiger partial charge in [-0.3, -0.25) is 9.36 Å². The average molecular weight is 651 g/mol. The molecular formula is C32H36BrN5O5. The number of amides is 1. The van der Waals surface area contributed by atoms with Crippen molar-refractivity contribution in [3.8, 4) is 17.2 Å². The molecule has 1 amide bonds. The van der Waals surface area contributed by atoms with Crippen molar-refractivity contribution in [1.82, 2.24) is 24.8 Å². The molecule has 0 saturated carbocycles. The van der Waals surface area contributed by atoms with Crippen LogP contribution >= 0.6 is 15.9 Å². The summed E-state index contributed by atoms with van der Waals surface area (Å²) in [5, 5.41) is 3.87. The van der Waals surface area contributed by atoms with Crippen molar-refractivity contribution in [1.29, 1.82) is 0 Å². The van der Waals surface area contributed by atoms with Gasteiger partial charge in [-0.15, -0.1) is 0 Å². The molecule has 226 valence electrons. The van der Waals surface area contributed by atoms with Crippen LogP contribution in [0.4, 0.5) is 4.79 Å². The molecule has 4 aromatic rings. The SMILES string of the molecule is COc1ccc(COc2cccc(-n3cnc4ncc(Br)c(CNC[C@@H]5CCCN5C(=O)OC(C)(C)C)c4c3=O)c2)cc1. The number of nitrogens with one attached hydrogen (secondary N) is 1. The summed E-state index contributed by atoms with van der Waals surface area (Å²) in [5.74, 6) is 1.41. The lowest BCUT2D eigenvalue weighted by Gasteiger charge is -2.28. The standard InChI is InChI=1S/C32H36BrN5O5/c1-32(2,3)43-31(40)37-14-6-8-23(37)16-34-17-26-27(33)18-35-29-28(26)30(39)38(20-36-29)22-7-5-9-25(15-22)42-19-21-10-12-24(41-4)13-11-21/h5,7,9-13,15,18,20,23,34H,6,8,14,16-17,19H2,1-4H3/t23-/m0/s1. The highest BCUT2D eigenvalue weighted by atomic mass is 79.9. The molecule has 1 saturated heterocycles. The lowest BCUT2D eigenvalue weighted by atomic mass is 10.1. The van der Waals surface area contributed by atoms with E-state index in [0.717, 1.165) is 29.7 Å². The van der Waals surface area contributed by atoms with E-state index >= 15 is 0 Å². The molecule has 43 heavy (non-hydrogen) atoms. The van der Waals surface area contributed by atoms with E-state index in [2.05, 4.69) is 31.2 Å². The van der Waals surface area contributed by atoms with E-state index in [1.54, 1.807) is 18.2 Å². The molecule has 1 fully saturated rings. The van der Waals surface area contributed by atoms with Crippen molar-refractivity contribution in [2.24, 2.45) is 0 Å². The maximum atomic E-state index is 13.9. The van der Waals surface area contributed by atoms with Gasteiger partial charge in [-0.1, -0.05) is 18.2 Å². The minimum Gasteiger partial charge on any atom is -0.497 e. The third-order valence-corrected chi connectivity index (χ3v) is 7.87. The van der Waals surface area contributed by atoms with Crippen LogP contribution in [0.25, 0.3) is 16.7 Å². The van der Waals surface area contributed by atoms with Gasteiger partial charge in [0, 0.05) is 42.4 Å². The van der Waals surface area contributed by atoms with Crippen LogP contribution in [0.1, 0.15) is 44.7 Å². The summed E-state index contributed by atoms with van der Waals surface area (Å²) in [7, 11) is 1.63. The lowest BCUT2D eigenvalue weighted by molar-refractivity contribution is 0.0226. The van der Waals surface area contributed by atoms with Crippen LogP contribution < -0.4 is 20.3 Å². The number of aromatic nitrogens is 3. The lowest BCUT2D eigenvalue weighted by Crippen LogP contribution is -2.44. The number of likely N-dealkylation sites (tertiary alicyclic amines) is 1. The summed E-state index contributed by atoms with van der Waals surface area (Å²) in [4.78, 5) is 37.2. The molecule has 2 aromatic heterocycles. The second-order valence-electron chi connectivity index (χ2n) is 11.4. The van der Waals surface area contributed by atoms with Gasteiger partial charge in [0.2, 0.25) is 0 Å². The van der Waals surface area contributed by atoms with Gasteiger partial charge in [-0.05, 0) is 84.9 Å². The van der Waals surface area contributed by atoms with Crippen molar-refractivity contribution in [2.75, 3.05) is 20.2 Å². The molecular weight excluding hydrogens is 614 g/mol. The number of rotatable bonds is 9. The fourth-order valence-electron chi connectivity index (χ4n) is 5.06. The molecule has 1 aliphatic rings. The van der Waals surface area contributed by atoms with Crippen molar-refractivity contribution < 1.29 is 19.0 Å². The number of methoxy groups -OCH3 is 1. The van der Waals surface area contributed by atoms with Crippen molar-refractivity contribution in [3.63, 3.8) is 0 Å². The predicted molar refractivity (Wildman–Crippen MR) is 168 cm³/mol. The second kappa shape index (κ2) is 13.1. The van der Waals surface area contributed by atoms with Crippen molar-refractivity contribution >= 4 is 33.1 Å². The summed E-state index contributed by atoms with van der Waals surface area (Å²) in [6, 6.07) is 15.0. The first-order chi connectivity index (χ1) is 20.6. The van der Waals surface area contributed by atoms with E-state index < -0.39 is 5.60 Å². The summed E-state index contributed by atoms with van der Waals surface area (Å²) >= 11 is 3.59. The van der Waals surface area contributed by atoms with Crippen LogP contribution in [-0.4, -0.2) is 57.4 Å². The quantitative estimate of drug-likeness (QED) is 0.249. The predicted octanol–water partition coefficient (Wildman–Crippen LogP) is 5.62. The third-order valence-electron chi connectivity index (χ3n) is 7.19. The maximum absolute atomic E-state index is 13.9. The summed E-state index contributed by atoms with van der Waals surface area (Å²) in [5.41, 5.74) is 1.96. The first kappa shape index (κ1) is 30.5. The Labute approximate surface area is 259 Å². The minimum absolute atomic E-state index is 0.0113. The molecule has 0 unspecified atom stereocenters. The first-order valence-corrected chi connectivity index (χ1v) is 15.0. The zero-order valence-electron chi connectivity index (χ0n) is 24.8. The number of pyridine rings is 1. The van der Waals surface area contributed by atoms with Crippen LogP contribution in [0.15, 0.2) is 70.3 Å². The normalized spacial score (nSPS) is 15.1. The first-order valence-electron chi connectivity index (χ1n) is 14.2. The van der Waals surface area contributed by atoms with E-state index in [4.69, 9.17) is 14.2 Å². The molecule has 3 heterocycles. The van der Waals surface area contributed by atoms with Gasteiger partial charge in [0.15, 0.2) is 5.65 Å². The van der Waals surface area contributed by atoms with Crippen LogP contribution in [0.2, 0.25) is 0 Å². The van der Waals surface area contributed by atoms with Gasteiger partial charge in [0.05, 0.1) is 18.2 Å². The summed E-state index contributed by atoms with van der Waals surface area (Å²) in [6.07, 6.45) is 4.66. The number of benzene rings is 2. The van der Waals surface area contributed by atoms with Crippen LogP contribution in [0, 0.1) is 0 Å². The van der Waals surface area contributed by atoms with Crippen molar-refractivity contribution in [3.05, 3.63) is 87.0 Å². The van der Waals surface area contributed by atoms with E-state index in [9.17, 15) is 9.59 Å². The summed E-state index contributed by atoms with van der Waals surface area (Å²) < 4.78 is 19.0. The molecule has 2 aromatic carbocycles. The average Bonchev–Trinajstić information content (AvgIpc) is 3.46. The molecule has 0 aliphatic carbocycles. The summed E-state index contributed by atoms with van der Waals surface area (Å²) in [6.45, 7) is 7.60. The Bertz CT molecular complexity index is 1650. The Kier molecular flexibility index (Phi) is 9.31. The van der Waals surface area contributed by atoms with Gasteiger partial charge in [0.25, 0.3) is 5.56 Å². The van der Waals surface area contributed by atoms with E-state index in [-0.39, 0.29) is 17.7 Å². The largest absolute Gasteiger partial charge is 0.497 e. The molecule has 0 bridgehead atoms. The maximum Gasteiger partial charge on any atom is 0.410 e. The Hall–Kier alpha value is -3.96. The highest BCUT2D eigenvalue weighted by molar-refractivity contribution is 9.10. The van der Waals surface area contributed by atoms with E-state index in [0.29, 0.717) is 53.2 Å². The van der Waals surface area contributed by atoms with Crippen LogP contribution in [0.5, 0.6) is 11.5 Å². The Balaban J connectivity index is 1.33. The monoisotopic (exact) mass is 649 g/mol. The molecule has 1 atom stereocenters. The number of nitrogens with zero attached hydrogens (tertiary/aromatic N) is 4. The Morgan fingerprint density at radius 1 is 1.12 bits per heavy atom. The molecule has 1 N–H and O–H groups in total. The number of ether oxygens (including phenoxy) is 3. The van der Waals surface area contributed by atoms with Gasteiger partial charge in [-0.25, -0.2) is 14.8 Å². The molecule has 10 nitrogen and oxygen atoms in total. The molecule has 5 rings (SSSR count). The highest BCUT2D eigenvalue weighted by Crippen LogP contribution is 2.24. The zero-order chi connectivity index (χ0) is 30.6. The van der Waals surface area contributed by atoms with E-state index in [1.807, 2.05) is 69.3 Å².